The van der Waals surface area contributed by atoms with E-state index < -0.39 is 6.10 Å². The summed E-state index contributed by atoms with van der Waals surface area (Å²) in [5.74, 6) is 0. The minimum Gasteiger partial charge on any atom is -0.387 e. The summed E-state index contributed by atoms with van der Waals surface area (Å²) in [7, 11) is 0. The fourth-order valence-corrected chi connectivity index (χ4v) is 2.53. The van der Waals surface area contributed by atoms with Crippen LogP contribution < -0.4 is 0 Å². The number of halogens is 1. The molecule has 0 spiro atoms. The molecular formula is C14H20BrNO2. The van der Waals surface area contributed by atoms with E-state index in [0.717, 1.165) is 23.2 Å². The highest BCUT2D eigenvalue weighted by atomic mass is 79.9. The van der Waals surface area contributed by atoms with E-state index in [0.29, 0.717) is 12.6 Å². The molecule has 1 N–H and O–H groups in total. The lowest BCUT2D eigenvalue weighted by Gasteiger charge is -2.38. The molecule has 1 aromatic rings. The van der Waals surface area contributed by atoms with Gasteiger partial charge in [-0.05, 0) is 31.5 Å². The number of aliphatic hydroxyl groups excluding tert-OH is 1. The lowest BCUT2D eigenvalue weighted by atomic mass is 10.1. The van der Waals surface area contributed by atoms with Gasteiger partial charge in [0.15, 0.2) is 0 Å². The molecule has 1 heterocycles. The first kappa shape index (κ1) is 14.0. The summed E-state index contributed by atoms with van der Waals surface area (Å²) in [5.41, 5.74) is 0.963. The van der Waals surface area contributed by atoms with Crippen molar-refractivity contribution in [2.24, 2.45) is 0 Å². The van der Waals surface area contributed by atoms with Crippen LogP contribution in [0.4, 0.5) is 0 Å². The smallest absolute Gasteiger partial charge is 0.0917 e. The zero-order valence-electron chi connectivity index (χ0n) is 10.8. The van der Waals surface area contributed by atoms with Crippen molar-refractivity contribution in [1.29, 1.82) is 0 Å². The monoisotopic (exact) mass is 313 g/mol. The predicted octanol–water partition coefficient (Wildman–Crippen LogP) is 2.59. The topological polar surface area (TPSA) is 32.7 Å². The third-order valence-corrected chi connectivity index (χ3v) is 4.21. The molecule has 0 radical (unpaired) electrons. The number of morpholine rings is 1. The van der Waals surface area contributed by atoms with Gasteiger partial charge in [0.1, 0.15) is 0 Å². The molecule has 0 bridgehead atoms. The molecule has 2 rings (SSSR count). The first-order valence-corrected chi connectivity index (χ1v) is 7.16. The van der Waals surface area contributed by atoms with Crippen LogP contribution in [0.25, 0.3) is 0 Å². The molecule has 1 aliphatic heterocycles. The van der Waals surface area contributed by atoms with Crippen LogP contribution in [-0.4, -0.2) is 41.8 Å². The van der Waals surface area contributed by atoms with E-state index in [1.807, 2.05) is 24.3 Å². The van der Waals surface area contributed by atoms with Crippen molar-refractivity contribution in [1.82, 2.24) is 4.90 Å². The molecule has 3 atom stereocenters. The number of hydrogen-bond donors (Lipinski definition) is 1. The lowest BCUT2D eigenvalue weighted by molar-refractivity contribution is -0.0673. The first-order chi connectivity index (χ1) is 8.58. The van der Waals surface area contributed by atoms with Crippen LogP contribution in [0.1, 0.15) is 25.5 Å². The van der Waals surface area contributed by atoms with E-state index in [1.54, 1.807) is 0 Å². The van der Waals surface area contributed by atoms with E-state index >= 15 is 0 Å². The molecule has 1 aliphatic rings. The molecular weight excluding hydrogens is 294 g/mol. The quantitative estimate of drug-likeness (QED) is 0.931. The van der Waals surface area contributed by atoms with E-state index in [9.17, 15) is 5.11 Å². The van der Waals surface area contributed by atoms with Crippen LogP contribution in [0.2, 0.25) is 0 Å². The average Bonchev–Trinajstić information content (AvgIpc) is 2.36. The number of benzene rings is 1. The highest BCUT2D eigenvalue weighted by molar-refractivity contribution is 9.10. The number of ether oxygens (including phenoxy) is 1. The fraction of sp³-hybridized carbons (Fsp3) is 0.571. The summed E-state index contributed by atoms with van der Waals surface area (Å²) in [4.78, 5) is 2.29. The third kappa shape index (κ3) is 3.32. The van der Waals surface area contributed by atoms with Crippen molar-refractivity contribution in [3.8, 4) is 0 Å². The van der Waals surface area contributed by atoms with Gasteiger partial charge in [0, 0.05) is 23.6 Å². The molecule has 1 fully saturated rings. The second-order valence-corrected chi connectivity index (χ2v) is 5.79. The van der Waals surface area contributed by atoms with Gasteiger partial charge in [0.2, 0.25) is 0 Å². The number of rotatable bonds is 3. The molecule has 18 heavy (non-hydrogen) atoms. The first-order valence-electron chi connectivity index (χ1n) is 6.37. The van der Waals surface area contributed by atoms with Crippen molar-refractivity contribution in [3.63, 3.8) is 0 Å². The SMILES string of the molecule is CC1OCCN(CC(O)c2ccc(Br)cc2)C1C. The molecule has 0 aromatic heterocycles. The van der Waals surface area contributed by atoms with Gasteiger partial charge < -0.3 is 9.84 Å². The van der Waals surface area contributed by atoms with Crippen molar-refractivity contribution in [2.75, 3.05) is 19.7 Å². The van der Waals surface area contributed by atoms with Crippen molar-refractivity contribution in [3.05, 3.63) is 34.3 Å². The van der Waals surface area contributed by atoms with Gasteiger partial charge in [-0.15, -0.1) is 0 Å². The van der Waals surface area contributed by atoms with E-state index in [2.05, 4.69) is 34.7 Å². The Morgan fingerprint density at radius 3 is 2.72 bits per heavy atom. The maximum atomic E-state index is 10.3. The molecule has 4 heteroatoms. The Bertz CT molecular complexity index is 382. The Morgan fingerprint density at radius 1 is 1.39 bits per heavy atom. The molecule has 1 saturated heterocycles. The average molecular weight is 314 g/mol. The van der Waals surface area contributed by atoms with Gasteiger partial charge in [-0.25, -0.2) is 0 Å². The summed E-state index contributed by atoms with van der Waals surface area (Å²) >= 11 is 3.40. The van der Waals surface area contributed by atoms with Crippen molar-refractivity contribution < 1.29 is 9.84 Å². The lowest BCUT2D eigenvalue weighted by Crippen LogP contribution is -2.49. The van der Waals surface area contributed by atoms with Crippen molar-refractivity contribution >= 4 is 15.9 Å². The summed E-state index contributed by atoms with van der Waals surface area (Å²) in [5, 5.41) is 10.3. The fourth-order valence-electron chi connectivity index (χ4n) is 2.27. The van der Waals surface area contributed by atoms with Crippen LogP contribution in [-0.2, 0) is 4.74 Å². The summed E-state index contributed by atoms with van der Waals surface area (Å²) in [6.07, 6.45) is -0.207. The number of nitrogens with zero attached hydrogens (tertiary/aromatic N) is 1. The molecule has 3 unspecified atom stereocenters. The highest BCUT2D eigenvalue weighted by Gasteiger charge is 2.27. The highest BCUT2D eigenvalue weighted by Crippen LogP contribution is 2.21. The Kier molecular flexibility index (Phi) is 4.78. The van der Waals surface area contributed by atoms with Gasteiger partial charge in [0.25, 0.3) is 0 Å². The molecule has 0 amide bonds. The molecule has 3 nitrogen and oxygen atoms in total. The number of hydrogen-bond acceptors (Lipinski definition) is 3. The minimum absolute atomic E-state index is 0.232. The van der Waals surface area contributed by atoms with E-state index in [1.165, 1.54) is 0 Å². The van der Waals surface area contributed by atoms with E-state index in [-0.39, 0.29) is 6.10 Å². The second kappa shape index (κ2) is 6.15. The molecule has 0 aliphatic carbocycles. The van der Waals surface area contributed by atoms with Crippen LogP contribution in [0, 0.1) is 0 Å². The van der Waals surface area contributed by atoms with Gasteiger partial charge in [-0.2, -0.15) is 0 Å². The summed E-state index contributed by atoms with van der Waals surface area (Å²) < 4.78 is 6.63. The van der Waals surface area contributed by atoms with Crippen LogP contribution in [0.15, 0.2) is 28.7 Å². The Morgan fingerprint density at radius 2 is 2.06 bits per heavy atom. The van der Waals surface area contributed by atoms with Gasteiger partial charge >= 0.3 is 0 Å². The van der Waals surface area contributed by atoms with E-state index in [4.69, 9.17) is 4.74 Å². The van der Waals surface area contributed by atoms with Crippen LogP contribution >= 0.6 is 15.9 Å². The van der Waals surface area contributed by atoms with Crippen LogP contribution in [0.3, 0.4) is 0 Å². The maximum absolute atomic E-state index is 10.3. The van der Waals surface area contributed by atoms with Crippen molar-refractivity contribution in [2.45, 2.75) is 32.1 Å². The largest absolute Gasteiger partial charge is 0.387 e. The Labute approximate surface area is 117 Å². The van der Waals surface area contributed by atoms with Crippen LogP contribution in [0.5, 0.6) is 0 Å². The summed E-state index contributed by atoms with van der Waals surface area (Å²) in [6, 6.07) is 8.20. The Hall–Kier alpha value is -0.420. The maximum Gasteiger partial charge on any atom is 0.0917 e. The standard InChI is InChI=1S/C14H20BrNO2/c1-10-11(2)18-8-7-16(10)9-14(17)12-3-5-13(15)6-4-12/h3-6,10-11,14,17H,7-9H2,1-2H3. The number of β-amino-alcohol motifs (C(OH)–C–C–N with tert-alkyl or cyclic N) is 1. The normalized spacial score (nSPS) is 27.1. The Balaban J connectivity index is 1.98. The molecule has 100 valence electrons. The zero-order valence-corrected chi connectivity index (χ0v) is 12.4. The predicted molar refractivity (Wildman–Crippen MR) is 75.6 cm³/mol. The molecule has 0 saturated carbocycles. The van der Waals surface area contributed by atoms with Gasteiger partial charge in [0.05, 0.1) is 18.8 Å². The zero-order chi connectivity index (χ0) is 13.1. The van der Waals surface area contributed by atoms with Gasteiger partial charge in [-0.3, -0.25) is 4.90 Å². The van der Waals surface area contributed by atoms with Gasteiger partial charge in [-0.1, -0.05) is 28.1 Å². The second-order valence-electron chi connectivity index (χ2n) is 4.88. The minimum atomic E-state index is -0.439. The number of aliphatic hydroxyl groups is 1. The molecule has 1 aromatic carbocycles. The third-order valence-electron chi connectivity index (χ3n) is 3.68. The summed E-state index contributed by atoms with van der Waals surface area (Å²) in [6.45, 7) is 6.54.